The molecule has 1 heterocycles. The first-order valence-electron chi connectivity index (χ1n) is 7.26. The Morgan fingerprint density at radius 1 is 1.27 bits per heavy atom. The lowest BCUT2D eigenvalue weighted by Gasteiger charge is -2.24. The molecule has 6 nitrogen and oxygen atoms in total. The summed E-state index contributed by atoms with van der Waals surface area (Å²) >= 11 is 0. The van der Waals surface area contributed by atoms with Crippen LogP contribution in [-0.4, -0.2) is 24.5 Å². The van der Waals surface area contributed by atoms with Crippen LogP contribution in [0.2, 0.25) is 0 Å². The van der Waals surface area contributed by atoms with Gasteiger partial charge in [-0.2, -0.15) is 0 Å². The Morgan fingerprint density at radius 2 is 1.95 bits per heavy atom. The number of carbonyl (C=O) groups excluding carboxylic acids is 2. The number of amides is 3. The summed E-state index contributed by atoms with van der Waals surface area (Å²) in [5.41, 5.74) is 6.68. The normalized spacial score (nSPS) is 18.7. The molecule has 0 spiro atoms. The van der Waals surface area contributed by atoms with Crippen molar-refractivity contribution in [1.82, 2.24) is 10.6 Å². The number of benzene rings is 1. The van der Waals surface area contributed by atoms with Crippen molar-refractivity contribution in [3.63, 3.8) is 0 Å². The van der Waals surface area contributed by atoms with Gasteiger partial charge in [0.2, 0.25) is 5.91 Å². The maximum atomic E-state index is 12.1. The molecule has 0 radical (unpaired) electrons. The van der Waals surface area contributed by atoms with Crippen LogP contribution in [-0.2, 0) is 4.79 Å². The van der Waals surface area contributed by atoms with Crippen LogP contribution in [0.25, 0.3) is 0 Å². The molecule has 5 N–H and O–H groups in total. The fourth-order valence-electron chi connectivity index (χ4n) is 2.47. The van der Waals surface area contributed by atoms with Gasteiger partial charge in [0.15, 0.2) is 0 Å². The van der Waals surface area contributed by atoms with Crippen molar-refractivity contribution in [3.8, 4) is 0 Å². The first-order chi connectivity index (χ1) is 10.1. The first kappa shape index (κ1) is 18.3. The second kappa shape index (κ2) is 8.60. The number of primary amides is 1. The lowest BCUT2D eigenvalue weighted by molar-refractivity contribution is -0.124. The molecule has 0 saturated carbocycles. The number of hydrogen-bond donors (Lipinski definition) is 4. The maximum absolute atomic E-state index is 12.1. The molecule has 1 unspecified atom stereocenters. The minimum Gasteiger partial charge on any atom is -0.351 e. The Labute approximate surface area is 136 Å². The van der Waals surface area contributed by atoms with Gasteiger partial charge < -0.3 is 21.7 Å². The van der Waals surface area contributed by atoms with Crippen LogP contribution in [0.5, 0.6) is 0 Å². The van der Waals surface area contributed by atoms with Gasteiger partial charge in [-0.15, -0.1) is 12.4 Å². The summed E-state index contributed by atoms with van der Waals surface area (Å²) in [5.74, 6) is 0.0431. The number of piperidine rings is 1. The van der Waals surface area contributed by atoms with E-state index in [0.29, 0.717) is 5.69 Å². The fourth-order valence-corrected chi connectivity index (χ4v) is 2.47. The van der Waals surface area contributed by atoms with E-state index in [9.17, 15) is 9.59 Å². The van der Waals surface area contributed by atoms with Crippen LogP contribution in [0.4, 0.5) is 10.5 Å². The lowest BCUT2D eigenvalue weighted by atomic mass is 10.0. The van der Waals surface area contributed by atoms with Gasteiger partial charge in [-0.25, -0.2) is 4.79 Å². The SMILES string of the molecule is CC(NC(=O)[C@H]1CCCCN1)c1ccc(NC(N)=O)cc1.Cl. The summed E-state index contributed by atoms with van der Waals surface area (Å²) in [6.07, 6.45) is 3.11. The van der Waals surface area contributed by atoms with E-state index < -0.39 is 6.03 Å². The third-order valence-corrected chi connectivity index (χ3v) is 3.66. The molecule has 3 amide bonds. The molecule has 1 fully saturated rings. The molecule has 22 heavy (non-hydrogen) atoms. The lowest BCUT2D eigenvalue weighted by Crippen LogP contribution is -2.47. The monoisotopic (exact) mass is 326 g/mol. The molecular formula is C15H23ClN4O2. The quantitative estimate of drug-likeness (QED) is 0.680. The van der Waals surface area contributed by atoms with Gasteiger partial charge >= 0.3 is 6.03 Å². The van der Waals surface area contributed by atoms with Crippen molar-refractivity contribution in [2.45, 2.75) is 38.3 Å². The van der Waals surface area contributed by atoms with E-state index in [4.69, 9.17) is 5.73 Å². The molecule has 0 aliphatic carbocycles. The van der Waals surface area contributed by atoms with E-state index in [1.807, 2.05) is 19.1 Å². The van der Waals surface area contributed by atoms with Gasteiger partial charge in [-0.1, -0.05) is 18.6 Å². The zero-order valence-electron chi connectivity index (χ0n) is 12.6. The Kier molecular flexibility index (Phi) is 7.14. The van der Waals surface area contributed by atoms with Crippen LogP contribution in [0.15, 0.2) is 24.3 Å². The van der Waals surface area contributed by atoms with Gasteiger partial charge in [0, 0.05) is 5.69 Å². The minimum absolute atomic E-state index is 0. The first-order valence-corrected chi connectivity index (χ1v) is 7.26. The minimum atomic E-state index is -0.590. The fraction of sp³-hybridized carbons (Fsp3) is 0.467. The van der Waals surface area contributed by atoms with Gasteiger partial charge in [0.25, 0.3) is 0 Å². The Bertz CT molecular complexity index is 501. The molecule has 0 aromatic heterocycles. The summed E-state index contributed by atoms with van der Waals surface area (Å²) in [7, 11) is 0. The molecule has 1 saturated heterocycles. The number of urea groups is 1. The van der Waals surface area contributed by atoms with Gasteiger partial charge in [-0.3, -0.25) is 4.79 Å². The van der Waals surface area contributed by atoms with E-state index in [-0.39, 0.29) is 30.4 Å². The van der Waals surface area contributed by atoms with Crippen LogP contribution in [0, 0.1) is 0 Å². The largest absolute Gasteiger partial charge is 0.351 e. The third-order valence-electron chi connectivity index (χ3n) is 3.66. The maximum Gasteiger partial charge on any atom is 0.316 e. The van der Waals surface area contributed by atoms with E-state index in [0.717, 1.165) is 31.4 Å². The molecule has 1 aromatic carbocycles. The predicted octanol–water partition coefficient (Wildman–Crippen LogP) is 1.92. The van der Waals surface area contributed by atoms with Crippen LogP contribution in [0.3, 0.4) is 0 Å². The Balaban J connectivity index is 0.00000242. The summed E-state index contributed by atoms with van der Waals surface area (Å²) < 4.78 is 0. The Hall–Kier alpha value is -1.79. The summed E-state index contributed by atoms with van der Waals surface area (Å²) in [4.78, 5) is 22.9. The summed E-state index contributed by atoms with van der Waals surface area (Å²) in [6.45, 7) is 2.84. The van der Waals surface area contributed by atoms with E-state index >= 15 is 0 Å². The number of carbonyl (C=O) groups is 2. The highest BCUT2D eigenvalue weighted by atomic mass is 35.5. The predicted molar refractivity (Wildman–Crippen MR) is 89.1 cm³/mol. The number of hydrogen-bond acceptors (Lipinski definition) is 3. The van der Waals surface area contributed by atoms with Gasteiger partial charge in [0.05, 0.1) is 12.1 Å². The molecule has 122 valence electrons. The molecule has 2 rings (SSSR count). The summed E-state index contributed by atoms with van der Waals surface area (Å²) in [5, 5.41) is 8.75. The second-order valence-electron chi connectivity index (χ2n) is 5.34. The van der Waals surface area contributed by atoms with Crippen molar-refractivity contribution >= 4 is 30.0 Å². The number of anilines is 1. The van der Waals surface area contributed by atoms with Crippen LogP contribution < -0.4 is 21.7 Å². The highest BCUT2D eigenvalue weighted by Gasteiger charge is 2.21. The zero-order chi connectivity index (χ0) is 15.2. The van der Waals surface area contributed by atoms with Gasteiger partial charge in [0.1, 0.15) is 0 Å². The average molecular weight is 327 g/mol. The molecule has 2 atom stereocenters. The molecule has 7 heteroatoms. The standard InChI is InChI=1S/C15H22N4O2.ClH/c1-10(18-14(20)13-4-2-3-9-17-13)11-5-7-12(8-6-11)19-15(16)21;/h5-8,10,13,17H,2-4,9H2,1H3,(H,18,20)(H3,16,19,21);1H/t10?,13-;/m1./s1. The average Bonchev–Trinajstić information content (AvgIpc) is 2.48. The van der Waals surface area contributed by atoms with E-state index in [2.05, 4.69) is 16.0 Å². The number of nitrogens with one attached hydrogen (secondary N) is 3. The number of halogens is 1. The molecule has 1 aromatic rings. The highest BCUT2D eigenvalue weighted by molar-refractivity contribution is 5.87. The van der Waals surface area contributed by atoms with E-state index in [1.165, 1.54) is 0 Å². The topological polar surface area (TPSA) is 96.2 Å². The van der Waals surface area contributed by atoms with Crippen molar-refractivity contribution in [2.75, 3.05) is 11.9 Å². The van der Waals surface area contributed by atoms with Crippen molar-refractivity contribution < 1.29 is 9.59 Å². The third kappa shape index (κ3) is 5.20. The van der Waals surface area contributed by atoms with Gasteiger partial charge in [-0.05, 0) is 44.0 Å². The van der Waals surface area contributed by atoms with E-state index in [1.54, 1.807) is 12.1 Å². The smallest absolute Gasteiger partial charge is 0.316 e. The number of rotatable bonds is 4. The molecule has 1 aliphatic heterocycles. The molecule has 0 bridgehead atoms. The molecule has 1 aliphatic rings. The molecular weight excluding hydrogens is 304 g/mol. The van der Waals surface area contributed by atoms with Crippen molar-refractivity contribution in [2.24, 2.45) is 5.73 Å². The van der Waals surface area contributed by atoms with Crippen LogP contribution in [0.1, 0.15) is 37.8 Å². The Morgan fingerprint density at radius 3 is 2.50 bits per heavy atom. The highest BCUT2D eigenvalue weighted by Crippen LogP contribution is 2.17. The zero-order valence-corrected chi connectivity index (χ0v) is 13.4. The van der Waals surface area contributed by atoms with Crippen molar-refractivity contribution in [1.29, 1.82) is 0 Å². The van der Waals surface area contributed by atoms with Crippen molar-refractivity contribution in [3.05, 3.63) is 29.8 Å². The second-order valence-corrected chi connectivity index (χ2v) is 5.34. The van der Waals surface area contributed by atoms with Crippen LogP contribution >= 0.6 is 12.4 Å². The summed E-state index contributed by atoms with van der Waals surface area (Å²) in [6, 6.07) is 6.51. The number of nitrogens with two attached hydrogens (primary N) is 1.